The summed E-state index contributed by atoms with van der Waals surface area (Å²) >= 11 is 0. The van der Waals surface area contributed by atoms with E-state index in [0.29, 0.717) is 23.7 Å². The topological polar surface area (TPSA) is 47.8 Å². The van der Waals surface area contributed by atoms with Crippen LogP contribution in [-0.4, -0.2) is 31.4 Å². The maximum atomic E-state index is 12.5. The normalized spacial score (nSPS) is 41.2. The minimum Gasteiger partial charge on any atom is -0.431 e. The van der Waals surface area contributed by atoms with Gasteiger partial charge in [-0.25, -0.2) is 0 Å². The molecule has 0 amide bonds. The number of quaternary nitrogens is 1. The molecule has 4 nitrogen and oxygen atoms in total. The van der Waals surface area contributed by atoms with Crippen LogP contribution in [-0.2, 0) is 14.3 Å². The molecule has 1 saturated heterocycles. The average molecular weight is 441 g/mol. The highest BCUT2D eigenvalue weighted by atomic mass is 16.5. The Kier molecular flexibility index (Phi) is 5.89. The number of likely N-dealkylation sites (tertiary alicyclic amines) is 1. The van der Waals surface area contributed by atoms with Crippen LogP contribution in [0.15, 0.2) is 23.5 Å². The number of carbonyl (C=O) groups is 2. The van der Waals surface area contributed by atoms with E-state index in [1.54, 1.807) is 11.8 Å². The van der Waals surface area contributed by atoms with Gasteiger partial charge in [0.05, 0.1) is 26.1 Å². The predicted octanol–water partition coefficient (Wildman–Crippen LogP) is 4.26. The van der Waals surface area contributed by atoms with Gasteiger partial charge in [-0.2, -0.15) is 0 Å². The van der Waals surface area contributed by atoms with Gasteiger partial charge in [-0.3, -0.25) is 9.59 Å². The van der Waals surface area contributed by atoms with E-state index in [9.17, 15) is 9.59 Å². The maximum Gasteiger partial charge on any atom is 0.316 e. The monoisotopic (exact) mass is 440 g/mol. The molecule has 1 aliphatic heterocycles. The lowest BCUT2D eigenvalue weighted by atomic mass is 9.45. The first-order valence-corrected chi connectivity index (χ1v) is 13.3. The number of hydrogen-bond acceptors (Lipinski definition) is 3. The van der Waals surface area contributed by atoms with Gasteiger partial charge >= 0.3 is 5.97 Å². The number of ketones is 1. The average Bonchev–Trinajstić information content (AvgIpc) is 3.39. The summed E-state index contributed by atoms with van der Waals surface area (Å²) in [4.78, 5) is 26.3. The SMILES string of the molecule is CC(=O)C1=CC[C@H]2[C@@H]3CC[C@H]4C=C(OC(=O)CC[NH+]5CCCC5)CC[C@]4(C)[C@H]3CC[C@]12C. The zero-order valence-electron chi connectivity index (χ0n) is 20.4. The van der Waals surface area contributed by atoms with Crippen molar-refractivity contribution in [2.24, 2.45) is 34.5 Å². The van der Waals surface area contributed by atoms with E-state index >= 15 is 0 Å². The minimum atomic E-state index is -0.0323. The first-order valence-electron chi connectivity index (χ1n) is 13.3. The summed E-state index contributed by atoms with van der Waals surface area (Å²) in [5, 5.41) is 0. The van der Waals surface area contributed by atoms with Crippen LogP contribution < -0.4 is 4.90 Å². The van der Waals surface area contributed by atoms with Gasteiger partial charge in [-0.15, -0.1) is 0 Å². The van der Waals surface area contributed by atoms with Gasteiger partial charge in [-0.05, 0) is 91.6 Å². The Morgan fingerprint density at radius 1 is 1.09 bits per heavy atom. The van der Waals surface area contributed by atoms with Crippen molar-refractivity contribution >= 4 is 11.8 Å². The number of allylic oxidation sites excluding steroid dienone is 4. The summed E-state index contributed by atoms with van der Waals surface area (Å²) in [6.07, 6.45) is 15.7. The molecule has 5 rings (SSSR count). The molecule has 2 saturated carbocycles. The van der Waals surface area contributed by atoms with E-state index in [1.807, 2.05) is 0 Å². The number of carbonyl (C=O) groups excluding carboxylic acids is 2. The summed E-state index contributed by atoms with van der Waals surface area (Å²) in [6, 6.07) is 0. The highest BCUT2D eigenvalue weighted by Crippen LogP contribution is 2.66. The molecule has 1 heterocycles. The molecule has 176 valence electrons. The van der Waals surface area contributed by atoms with Gasteiger partial charge in [0.1, 0.15) is 5.76 Å². The fourth-order valence-electron chi connectivity index (χ4n) is 8.63. The number of rotatable bonds is 5. The molecule has 6 atom stereocenters. The zero-order chi connectivity index (χ0) is 22.5. The first kappa shape index (κ1) is 22.4. The summed E-state index contributed by atoms with van der Waals surface area (Å²) in [5.41, 5.74) is 1.51. The standard InChI is InChI=1S/C28H41NO3/c1-19(30)23-8-9-24-22-7-6-20-18-21(32-26(31)12-17-29-15-4-5-16-29)10-13-27(20,2)25(22)11-14-28(23,24)3/h8,18,20,22,24-25H,4-7,9-17H2,1-3H3/p+1/t20-,22-,24-,25-,27-,28+/m0/s1. The predicted molar refractivity (Wildman–Crippen MR) is 125 cm³/mol. The Balaban J connectivity index is 1.24. The molecule has 0 unspecified atom stereocenters. The number of ether oxygens (including phenoxy) is 1. The summed E-state index contributed by atoms with van der Waals surface area (Å²) in [6.45, 7) is 9.98. The highest BCUT2D eigenvalue weighted by molar-refractivity contribution is 5.95. The summed E-state index contributed by atoms with van der Waals surface area (Å²) in [5.74, 6) is 3.80. The van der Waals surface area contributed by atoms with E-state index in [1.165, 1.54) is 45.2 Å². The molecule has 0 spiro atoms. The smallest absolute Gasteiger partial charge is 0.316 e. The van der Waals surface area contributed by atoms with Crippen LogP contribution in [0.1, 0.15) is 85.0 Å². The summed E-state index contributed by atoms with van der Waals surface area (Å²) < 4.78 is 5.87. The third-order valence-corrected chi connectivity index (χ3v) is 10.4. The van der Waals surface area contributed by atoms with Crippen LogP contribution in [0.4, 0.5) is 0 Å². The first-order chi connectivity index (χ1) is 15.3. The fourth-order valence-corrected chi connectivity index (χ4v) is 8.63. The third-order valence-electron chi connectivity index (χ3n) is 10.4. The Morgan fingerprint density at radius 3 is 2.62 bits per heavy atom. The Hall–Kier alpha value is -1.42. The molecule has 0 aromatic carbocycles. The fraction of sp³-hybridized carbons (Fsp3) is 0.786. The van der Waals surface area contributed by atoms with Gasteiger partial charge in [0.2, 0.25) is 0 Å². The number of fused-ring (bicyclic) bond motifs is 5. The van der Waals surface area contributed by atoms with Gasteiger partial charge in [0.25, 0.3) is 0 Å². The number of nitrogens with one attached hydrogen (secondary N) is 1. The van der Waals surface area contributed by atoms with Crippen LogP contribution >= 0.6 is 0 Å². The lowest BCUT2D eigenvalue weighted by molar-refractivity contribution is -0.886. The summed E-state index contributed by atoms with van der Waals surface area (Å²) in [7, 11) is 0. The van der Waals surface area contributed by atoms with Crippen molar-refractivity contribution in [3.8, 4) is 0 Å². The highest BCUT2D eigenvalue weighted by Gasteiger charge is 2.58. The van der Waals surface area contributed by atoms with Crippen molar-refractivity contribution in [2.75, 3.05) is 19.6 Å². The van der Waals surface area contributed by atoms with Gasteiger partial charge in [0.15, 0.2) is 5.78 Å². The number of Topliss-reactive ketones (excluding diaryl/α,β-unsaturated/α-hetero) is 1. The molecule has 0 bridgehead atoms. The second kappa shape index (κ2) is 8.42. The molecule has 4 aliphatic carbocycles. The molecule has 1 N–H and O–H groups in total. The molecular weight excluding hydrogens is 398 g/mol. The van der Waals surface area contributed by atoms with Crippen LogP contribution in [0.5, 0.6) is 0 Å². The Morgan fingerprint density at radius 2 is 1.88 bits per heavy atom. The third kappa shape index (κ3) is 3.71. The number of esters is 1. The molecule has 0 aromatic heterocycles. The molecule has 5 aliphatic rings. The molecule has 0 radical (unpaired) electrons. The quantitative estimate of drug-likeness (QED) is 0.650. The molecule has 3 fully saturated rings. The van der Waals surface area contributed by atoms with Crippen LogP contribution in [0.2, 0.25) is 0 Å². The maximum absolute atomic E-state index is 12.5. The van der Waals surface area contributed by atoms with Crippen LogP contribution in [0, 0.1) is 34.5 Å². The van der Waals surface area contributed by atoms with Gasteiger partial charge < -0.3 is 9.64 Å². The lowest BCUT2D eigenvalue weighted by Crippen LogP contribution is -3.10. The second-order valence-electron chi connectivity index (χ2n) is 12.0. The second-order valence-corrected chi connectivity index (χ2v) is 12.0. The minimum absolute atomic E-state index is 0.0323. The molecular formula is C28H42NO3+. The van der Waals surface area contributed by atoms with Crippen LogP contribution in [0.25, 0.3) is 0 Å². The van der Waals surface area contributed by atoms with E-state index in [-0.39, 0.29) is 17.2 Å². The van der Waals surface area contributed by atoms with Crippen LogP contribution in [0.3, 0.4) is 0 Å². The zero-order valence-corrected chi connectivity index (χ0v) is 20.4. The lowest BCUT2D eigenvalue weighted by Gasteiger charge is -2.59. The Labute approximate surface area is 193 Å². The van der Waals surface area contributed by atoms with E-state index in [4.69, 9.17) is 4.74 Å². The Bertz CT molecular complexity index is 838. The van der Waals surface area contributed by atoms with Crippen molar-refractivity contribution in [1.82, 2.24) is 0 Å². The van der Waals surface area contributed by atoms with E-state index in [2.05, 4.69) is 26.0 Å². The van der Waals surface area contributed by atoms with Crippen molar-refractivity contribution in [3.05, 3.63) is 23.5 Å². The van der Waals surface area contributed by atoms with Crippen molar-refractivity contribution in [3.63, 3.8) is 0 Å². The molecule has 4 heteroatoms. The van der Waals surface area contributed by atoms with Crippen molar-refractivity contribution < 1.29 is 19.2 Å². The van der Waals surface area contributed by atoms with Gasteiger partial charge in [0, 0.05) is 19.3 Å². The number of hydrogen-bond donors (Lipinski definition) is 1. The van der Waals surface area contributed by atoms with Crippen molar-refractivity contribution in [1.29, 1.82) is 0 Å². The van der Waals surface area contributed by atoms with E-state index < -0.39 is 0 Å². The van der Waals surface area contributed by atoms with E-state index in [0.717, 1.165) is 55.4 Å². The molecule has 32 heavy (non-hydrogen) atoms. The molecule has 0 aromatic rings. The van der Waals surface area contributed by atoms with Crippen molar-refractivity contribution in [2.45, 2.75) is 85.0 Å². The van der Waals surface area contributed by atoms with Gasteiger partial charge in [-0.1, -0.05) is 19.9 Å². The largest absolute Gasteiger partial charge is 0.431 e.